The molecule has 3 aromatic rings. The number of imidazole rings is 1. The molecule has 0 aliphatic heterocycles. The number of rotatable bonds is 1. The van der Waals surface area contributed by atoms with Gasteiger partial charge in [-0.15, -0.1) is 0 Å². The number of nitrogens with one attached hydrogen (secondary N) is 1. The summed E-state index contributed by atoms with van der Waals surface area (Å²) < 4.78 is 14.6. The smallest absolute Gasteiger partial charge is 0.141 e. The second kappa shape index (κ2) is 4.21. The number of hydrogen-bond acceptors (Lipinski definition) is 1. The second-order valence-electron chi connectivity index (χ2n) is 4.21. The fourth-order valence-corrected chi connectivity index (χ4v) is 2.65. The van der Waals surface area contributed by atoms with E-state index < -0.39 is 0 Å². The van der Waals surface area contributed by atoms with E-state index in [0.29, 0.717) is 11.4 Å². The molecular formula is C14H10BrFN2. The van der Waals surface area contributed by atoms with Gasteiger partial charge in [0.2, 0.25) is 0 Å². The Balaban J connectivity index is 2.26. The number of halogens is 2. The molecule has 2 nitrogen and oxygen atoms in total. The van der Waals surface area contributed by atoms with Gasteiger partial charge in [0.15, 0.2) is 0 Å². The first-order chi connectivity index (χ1) is 8.65. The number of aromatic amines is 1. The molecular weight excluding hydrogens is 295 g/mol. The Labute approximate surface area is 112 Å². The zero-order valence-corrected chi connectivity index (χ0v) is 11.3. The largest absolute Gasteiger partial charge is 0.338 e. The molecule has 0 fully saturated rings. The lowest BCUT2D eigenvalue weighted by Crippen LogP contribution is -1.84. The Morgan fingerprint density at radius 1 is 1.22 bits per heavy atom. The summed E-state index contributed by atoms with van der Waals surface area (Å²) in [5, 5.41) is 0. The first kappa shape index (κ1) is 11.4. The maximum absolute atomic E-state index is 13.7. The van der Waals surface area contributed by atoms with Crippen LogP contribution in [0.1, 0.15) is 5.56 Å². The van der Waals surface area contributed by atoms with E-state index in [1.165, 1.54) is 6.07 Å². The zero-order chi connectivity index (χ0) is 12.7. The van der Waals surface area contributed by atoms with E-state index in [1.807, 2.05) is 19.1 Å². The molecule has 0 unspecified atom stereocenters. The summed E-state index contributed by atoms with van der Waals surface area (Å²) in [7, 11) is 0. The van der Waals surface area contributed by atoms with E-state index in [0.717, 1.165) is 21.1 Å². The van der Waals surface area contributed by atoms with Crippen molar-refractivity contribution in [2.45, 2.75) is 6.92 Å². The maximum Gasteiger partial charge on any atom is 0.141 e. The van der Waals surface area contributed by atoms with E-state index >= 15 is 0 Å². The normalized spacial score (nSPS) is 11.1. The van der Waals surface area contributed by atoms with E-state index in [-0.39, 0.29) is 5.82 Å². The van der Waals surface area contributed by atoms with Crippen molar-refractivity contribution < 1.29 is 4.39 Å². The molecule has 0 atom stereocenters. The van der Waals surface area contributed by atoms with Crippen LogP contribution < -0.4 is 0 Å². The molecule has 1 N–H and O–H groups in total. The molecule has 3 rings (SSSR count). The van der Waals surface area contributed by atoms with Crippen molar-refractivity contribution in [3.8, 4) is 11.4 Å². The minimum Gasteiger partial charge on any atom is -0.338 e. The predicted octanol–water partition coefficient (Wildman–Crippen LogP) is 4.44. The van der Waals surface area contributed by atoms with E-state index in [9.17, 15) is 4.39 Å². The Bertz CT molecular complexity index is 734. The standard InChI is InChI=1S/C14H10BrFN2/c1-8-6-10(15)13-12(7-8)17-14(18-13)9-4-2-3-5-11(9)16/h2-7H,1H3,(H,17,18). The lowest BCUT2D eigenvalue weighted by molar-refractivity contribution is 0.630. The van der Waals surface area contributed by atoms with Crippen LogP contribution in [0, 0.1) is 12.7 Å². The topological polar surface area (TPSA) is 28.7 Å². The van der Waals surface area contributed by atoms with Crippen molar-refractivity contribution in [3.05, 3.63) is 52.3 Å². The second-order valence-corrected chi connectivity index (χ2v) is 5.06. The van der Waals surface area contributed by atoms with Crippen LogP contribution in [0.2, 0.25) is 0 Å². The monoisotopic (exact) mass is 304 g/mol. The Hall–Kier alpha value is -1.68. The molecule has 0 radical (unpaired) electrons. The quantitative estimate of drug-likeness (QED) is 0.707. The van der Waals surface area contributed by atoms with Crippen LogP contribution in [0.15, 0.2) is 40.9 Å². The number of H-pyrrole nitrogens is 1. The van der Waals surface area contributed by atoms with Crippen molar-refractivity contribution in [1.82, 2.24) is 9.97 Å². The van der Waals surface area contributed by atoms with Gasteiger partial charge in [-0.2, -0.15) is 0 Å². The highest BCUT2D eigenvalue weighted by Gasteiger charge is 2.11. The lowest BCUT2D eigenvalue weighted by Gasteiger charge is -1.97. The molecule has 0 saturated carbocycles. The summed E-state index contributed by atoms with van der Waals surface area (Å²) in [5.41, 5.74) is 3.33. The molecule has 0 saturated heterocycles. The highest BCUT2D eigenvalue weighted by atomic mass is 79.9. The van der Waals surface area contributed by atoms with Gasteiger partial charge in [0.25, 0.3) is 0 Å². The molecule has 1 aromatic heterocycles. The minimum absolute atomic E-state index is 0.274. The van der Waals surface area contributed by atoms with E-state index in [1.54, 1.807) is 18.2 Å². The third kappa shape index (κ3) is 1.82. The summed E-state index contributed by atoms with van der Waals surface area (Å²) in [6.45, 7) is 2.01. The van der Waals surface area contributed by atoms with Crippen molar-refractivity contribution in [1.29, 1.82) is 0 Å². The minimum atomic E-state index is -0.274. The summed E-state index contributed by atoms with van der Waals surface area (Å²) in [6.07, 6.45) is 0. The van der Waals surface area contributed by atoms with Crippen molar-refractivity contribution >= 4 is 27.0 Å². The number of aromatic nitrogens is 2. The van der Waals surface area contributed by atoms with Crippen LogP contribution >= 0.6 is 15.9 Å². The van der Waals surface area contributed by atoms with E-state index in [2.05, 4.69) is 25.9 Å². The molecule has 0 amide bonds. The summed E-state index contributed by atoms with van der Waals surface area (Å²) >= 11 is 3.48. The SMILES string of the molecule is Cc1cc(Br)c2nc(-c3ccccc3F)[nH]c2c1. The van der Waals surface area contributed by atoms with Gasteiger partial charge in [-0.3, -0.25) is 0 Å². The number of benzene rings is 2. The van der Waals surface area contributed by atoms with Crippen LogP contribution in [-0.4, -0.2) is 9.97 Å². The van der Waals surface area contributed by atoms with Crippen LogP contribution in [-0.2, 0) is 0 Å². The Morgan fingerprint density at radius 3 is 2.78 bits per heavy atom. The van der Waals surface area contributed by atoms with Crippen molar-refractivity contribution in [3.63, 3.8) is 0 Å². The summed E-state index contributed by atoms with van der Waals surface area (Å²) in [6, 6.07) is 10.6. The highest BCUT2D eigenvalue weighted by molar-refractivity contribution is 9.10. The number of fused-ring (bicyclic) bond motifs is 1. The lowest BCUT2D eigenvalue weighted by atomic mass is 10.2. The third-order valence-electron chi connectivity index (χ3n) is 2.81. The predicted molar refractivity (Wildman–Crippen MR) is 73.9 cm³/mol. The van der Waals surface area contributed by atoms with Gasteiger partial charge in [-0.25, -0.2) is 9.37 Å². The number of nitrogens with zero attached hydrogens (tertiary/aromatic N) is 1. The van der Waals surface area contributed by atoms with Gasteiger partial charge < -0.3 is 4.98 Å². The fourth-order valence-electron chi connectivity index (χ4n) is 1.99. The highest BCUT2D eigenvalue weighted by Crippen LogP contribution is 2.28. The first-order valence-corrected chi connectivity index (χ1v) is 6.35. The third-order valence-corrected chi connectivity index (χ3v) is 3.42. The van der Waals surface area contributed by atoms with Crippen LogP contribution in [0.3, 0.4) is 0 Å². The molecule has 0 bridgehead atoms. The van der Waals surface area contributed by atoms with E-state index in [4.69, 9.17) is 0 Å². The molecule has 90 valence electrons. The average Bonchev–Trinajstić information content (AvgIpc) is 2.73. The molecule has 4 heteroatoms. The van der Waals surface area contributed by atoms with Gasteiger partial charge in [0.1, 0.15) is 17.2 Å². The Morgan fingerprint density at radius 2 is 2.00 bits per heavy atom. The Kier molecular flexibility index (Phi) is 2.67. The van der Waals surface area contributed by atoms with Gasteiger partial charge in [-0.1, -0.05) is 12.1 Å². The van der Waals surface area contributed by atoms with Crippen molar-refractivity contribution in [2.75, 3.05) is 0 Å². The van der Waals surface area contributed by atoms with Crippen LogP contribution in [0.5, 0.6) is 0 Å². The molecule has 18 heavy (non-hydrogen) atoms. The van der Waals surface area contributed by atoms with Gasteiger partial charge >= 0.3 is 0 Å². The fraction of sp³-hybridized carbons (Fsp3) is 0.0714. The van der Waals surface area contributed by atoms with Crippen molar-refractivity contribution in [2.24, 2.45) is 0 Å². The van der Waals surface area contributed by atoms with Gasteiger partial charge in [0, 0.05) is 4.47 Å². The average molecular weight is 305 g/mol. The van der Waals surface area contributed by atoms with Gasteiger partial charge in [-0.05, 0) is 52.7 Å². The maximum atomic E-state index is 13.7. The molecule has 0 aliphatic carbocycles. The van der Waals surface area contributed by atoms with Crippen LogP contribution in [0.4, 0.5) is 4.39 Å². The zero-order valence-electron chi connectivity index (χ0n) is 9.67. The molecule has 0 aliphatic rings. The molecule has 0 spiro atoms. The molecule has 2 aromatic carbocycles. The number of hydrogen-bond donors (Lipinski definition) is 1. The molecule has 1 heterocycles. The summed E-state index contributed by atoms with van der Waals surface area (Å²) in [4.78, 5) is 7.60. The van der Waals surface area contributed by atoms with Gasteiger partial charge in [0.05, 0.1) is 11.1 Å². The van der Waals surface area contributed by atoms with Crippen LogP contribution in [0.25, 0.3) is 22.4 Å². The number of aryl methyl sites for hydroxylation is 1. The first-order valence-electron chi connectivity index (χ1n) is 5.56. The summed E-state index contributed by atoms with van der Waals surface area (Å²) in [5.74, 6) is 0.277.